The number of ether oxygens (including phenoxy) is 4. The average molecular weight is 976 g/mol. The Hall–Kier alpha value is -7.09. The number of rotatable bonds is 11. The van der Waals surface area contributed by atoms with Crippen LogP contribution < -0.4 is 30.7 Å². The van der Waals surface area contributed by atoms with Crippen molar-refractivity contribution in [2.45, 2.75) is 126 Å². The Bertz CT molecular complexity index is 2880. The quantitative estimate of drug-likeness (QED) is 0.0426. The highest BCUT2D eigenvalue weighted by Crippen LogP contribution is 2.48. The lowest BCUT2D eigenvalue weighted by molar-refractivity contribution is -0.905. The number of phenolic OH excluding ortho intramolecular Hbond substituents is 3. The van der Waals surface area contributed by atoms with Gasteiger partial charge in [-0.1, -0.05) is 18.1 Å². The van der Waals surface area contributed by atoms with Crippen molar-refractivity contribution in [3.05, 3.63) is 119 Å². The summed E-state index contributed by atoms with van der Waals surface area (Å²) in [5.74, 6) is 8.04. The van der Waals surface area contributed by atoms with Gasteiger partial charge in [-0.15, -0.1) is 5.92 Å². The van der Waals surface area contributed by atoms with Gasteiger partial charge in [0.25, 0.3) is 0 Å². The number of fused-ring (bicyclic) bond motifs is 10. The van der Waals surface area contributed by atoms with Gasteiger partial charge in [-0.25, -0.2) is 4.98 Å². The SMILES string of the molecule is CC(=O)O[C@H]1C[C@@H](c2cc(O)c(O)c(OCCc3cccnc3)c2)O[C@@H]([C@H]2CC#C[C@H]3[C@H](CCC[C@]34NC(=NCCCc3ccnc(N)c3)N[C@@H]3[C@@H]4CCC4C5=CC=NC5=C[NH+]43)Oc3cc(ccc3O)C2)C1. The summed E-state index contributed by atoms with van der Waals surface area (Å²) in [6, 6.07) is 16.8. The molecule has 1 spiro atoms. The maximum Gasteiger partial charge on any atom is 0.302 e. The third-order valence-corrected chi connectivity index (χ3v) is 15.8. The van der Waals surface area contributed by atoms with Crippen molar-refractivity contribution in [2.75, 3.05) is 18.9 Å². The van der Waals surface area contributed by atoms with E-state index in [1.54, 1.807) is 30.7 Å². The molecule has 11 rings (SSSR count). The van der Waals surface area contributed by atoms with E-state index in [4.69, 9.17) is 34.7 Å². The van der Waals surface area contributed by atoms with Crippen LogP contribution in [0, 0.1) is 29.6 Å². The Balaban J connectivity index is 0.915. The number of aromatic hydroxyl groups is 3. The molecule has 8 N–H and O–H groups in total. The molecule has 2 aromatic heterocycles. The van der Waals surface area contributed by atoms with Crippen LogP contribution >= 0.6 is 0 Å². The fourth-order valence-electron chi connectivity index (χ4n) is 12.6. The summed E-state index contributed by atoms with van der Waals surface area (Å²) in [6.45, 7) is 2.25. The van der Waals surface area contributed by atoms with Crippen LogP contribution in [0.4, 0.5) is 5.82 Å². The van der Waals surface area contributed by atoms with Gasteiger partial charge in [-0.3, -0.25) is 24.7 Å². The fraction of sp³-hybridized carbons (Fsp3) is 0.446. The number of quaternary nitrogens is 1. The summed E-state index contributed by atoms with van der Waals surface area (Å²) in [7, 11) is 0. The number of nitrogens with zero attached hydrogens (tertiary/aromatic N) is 4. The van der Waals surface area contributed by atoms with Crippen LogP contribution in [0.3, 0.4) is 0 Å². The number of guanidine groups is 1. The number of allylic oxidation sites excluding steroid dienone is 1. The number of aromatic nitrogens is 2. The Kier molecular flexibility index (Phi) is 13.3. The minimum absolute atomic E-state index is 0.00152. The van der Waals surface area contributed by atoms with Gasteiger partial charge in [0.1, 0.15) is 36.0 Å². The first-order valence-electron chi connectivity index (χ1n) is 25.6. The van der Waals surface area contributed by atoms with Crippen LogP contribution in [0.5, 0.6) is 28.7 Å². The number of pyridine rings is 2. The second kappa shape index (κ2) is 20.2. The van der Waals surface area contributed by atoms with E-state index < -0.39 is 29.8 Å². The molecule has 1 aliphatic carbocycles. The smallest absolute Gasteiger partial charge is 0.302 e. The Morgan fingerprint density at radius 3 is 2.81 bits per heavy atom. The molecule has 8 heterocycles. The summed E-state index contributed by atoms with van der Waals surface area (Å²) in [5.41, 5.74) is 11.5. The van der Waals surface area contributed by atoms with Crippen LogP contribution in [0.25, 0.3) is 0 Å². The third-order valence-electron chi connectivity index (χ3n) is 15.8. The van der Waals surface area contributed by atoms with Gasteiger partial charge in [0.15, 0.2) is 35.1 Å². The Labute approximate surface area is 419 Å². The van der Waals surface area contributed by atoms with E-state index >= 15 is 0 Å². The van der Waals surface area contributed by atoms with E-state index in [0.29, 0.717) is 55.8 Å². The molecule has 2 unspecified atom stereocenters. The van der Waals surface area contributed by atoms with E-state index in [0.717, 1.165) is 73.3 Å². The summed E-state index contributed by atoms with van der Waals surface area (Å²) >= 11 is 0. The predicted molar refractivity (Wildman–Crippen MR) is 269 cm³/mol. The molecule has 4 aromatic rings. The molecule has 0 amide bonds. The van der Waals surface area contributed by atoms with Crippen molar-refractivity contribution in [2.24, 2.45) is 27.7 Å². The van der Waals surface area contributed by atoms with E-state index in [1.807, 2.05) is 42.6 Å². The fourth-order valence-corrected chi connectivity index (χ4v) is 12.6. The molecule has 6 aliphatic heterocycles. The highest BCUT2D eigenvalue weighted by atomic mass is 16.6. The van der Waals surface area contributed by atoms with E-state index in [2.05, 4.69) is 44.7 Å². The lowest BCUT2D eigenvalue weighted by Crippen LogP contribution is -3.19. The number of hydrogen-bond acceptors (Lipinski definition) is 13. The van der Waals surface area contributed by atoms with E-state index in [1.165, 1.54) is 23.5 Å². The number of carbonyl (C=O) groups is 1. The number of anilines is 1. The zero-order chi connectivity index (χ0) is 49.3. The van der Waals surface area contributed by atoms with Crippen LogP contribution in [-0.4, -0.2) is 92.6 Å². The van der Waals surface area contributed by atoms with Gasteiger partial charge in [-0.05, 0) is 116 Å². The van der Waals surface area contributed by atoms with Gasteiger partial charge < -0.3 is 50.6 Å². The highest BCUT2D eigenvalue weighted by molar-refractivity contribution is 5.83. The summed E-state index contributed by atoms with van der Waals surface area (Å²) in [6.07, 6.45) is 18.1. The van der Waals surface area contributed by atoms with Crippen LogP contribution in [0.2, 0.25) is 0 Å². The molecule has 72 heavy (non-hydrogen) atoms. The highest BCUT2D eigenvalue weighted by Gasteiger charge is 2.62. The zero-order valence-corrected chi connectivity index (χ0v) is 40.5. The molecule has 2 bridgehead atoms. The summed E-state index contributed by atoms with van der Waals surface area (Å²) in [5, 5.41) is 41.3. The molecule has 16 heteroatoms. The molecule has 2 aromatic carbocycles. The van der Waals surface area contributed by atoms with Crippen LogP contribution in [0.15, 0.2) is 107 Å². The first kappa shape index (κ1) is 47.2. The van der Waals surface area contributed by atoms with Gasteiger partial charge in [0, 0.05) is 81.9 Å². The molecular formula is C56H63N8O8+. The van der Waals surface area contributed by atoms with Gasteiger partial charge >= 0.3 is 5.97 Å². The number of nitrogen functional groups attached to an aromatic ring is 1. The maximum absolute atomic E-state index is 12.6. The average Bonchev–Trinajstić information content (AvgIpc) is 3.98. The normalized spacial score (nSPS) is 30.5. The van der Waals surface area contributed by atoms with Gasteiger partial charge in [0.05, 0.1) is 36.2 Å². The van der Waals surface area contributed by atoms with Crippen molar-refractivity contribution in [3.8, 4) is 40.6 Å². The van der Waals surface area contributed by atoms with Crippen molar-refractivity contribution in [3.63, 3.8) is 0 Å². The van der Waals surface area contributed by atoms with Crippen molar-refractivity contribution in [1.82, 2.24) is 20.6 Å². The van der Waals surface area contributed by atoms with E-state index in [-0.39, 0.29) is 65.7 Å². The van der Waals surface area contributed by atoms with Crippen LogP contribution in [0.1, 0.15) is 93.1 Å². The number of hydrogen-bond donors (Lipinski definition) is 7. The number of esters is 1. The molecule has 3 saturated heterocycles. The summed E-state index contributed by atoms with van der Waals surface area (Å²) < 4.78 is 26.0. The largest absolute Gasteiger partial charge is 0.504 e. The third kappa shape index (κ3) is 9.67. The molecule has 4 fully saturated rings. The number of phenols is 3. The Morgan fingerprint density at radius 1 is 1.03 bits per heavy atom. The van der Waals surface area contributed by atoms with Crippen molar-refractivity contribution >= 4 is 24.0 Å². The molecule has 11 atom stereocenters. The number of piperidine rings is 1. The number of aliphatic imine (C=N–C) groups is 2. The van der Waals surface area contributed by atoms with Crippen LogP contribution in [-0.2, 0) is 33.5 Å². The van der Waals surface area contributed by atoms with Crippen molar-refractivity contribution < 1.29 is 44.0 Å². The molecule has 16 nitrogen and oxygen atoms in total. The lowest BCUT2D eigenvalue weighted by atomic mass is 9.60. The second-order valence-corrected chi connectivity index (χ2v) is 20.4. The maximum atomic E-state index is 12.6. The van der Waals surface area contributed by atoms with Crippen molar-refractivity contribution in [1.29, 1.82) is 0 Å². The molecule has 374 valence electrons. The number of nitrogens with one attached hydrogen (secondary N) is 3. The predicted octanol–water partition coefficient (Wildman–Crippen LogP) is 5.54. The standard InChI is InChI=1S/C56H62N8O8/c1-33(65)70-39-29-48(72-49(30-39)38-27-46(67)53(68)51(28-38)69-23-17-35-7-4-19-58-31-35)37-8-2-9-41-47(71-50-25-36(24-37)11-14-45(50)66)10-3-18-56(41)42-12-13-44-40-16-22-59-43(40)32-64(44)54(42)62-55(63-56)61-20-5-6-34-15-21-60-52(57)26-34/h4,7,11,14-16,19,21-22,25-28,31-32,37,39,41-42,44,47-49,54,66-68H,3,5-6,8,10,12-13,17-18,20,23-24,29-30H2,1H3,(H2,57,60)(H2,61,62,63)/p+1/t37-,39+,41-,42-,44?,47-,48+,49-,54-,56-/m0/s1. The first-order chi connectivity index (χ1) is 35.1. The topological polar surface area (TPSA) is 220 Å². The lowest BCUT2D eigenvalue weighted by Gasteiger charge is -2.57. The molecule has 0 radical (unpaired) electrons. The zero-order valence-electron chi connectivity index (χ0n) is 40.5. The minimum atomic E-state index is -0.619. The first-order valence-corrected chi connectivity index (χ1v) is 25.6. The molecule has 7 aliphatic rings. The van der Waals surface area contributed by atoms with E-state index in [9.17, 15) is 20.1 Å². The molecule has 1 saturated carbocycles. The monoisotopic (exact) mass is 975 g/mol. The number of carbonyl (C=O) groups excluding carboxylic acids is 1. The minimum Gasteiger partial charge on any atom is -0.504 e. The van der Waals surface area contributed by atoms with Gasteiger partial charge in [-0.2, -0.15) is 0 Å². The van der Waals surface area contributed by atoms with Gasteiger partial charge in [0.2, 0.25) is 5.75 Å². The number of benzene rings is 2. The second-order valence-electron chi connectivity index (χ2n) is 20.4. The summed E-state index contributed by atoms with van der Waals surface area (Å²) in [4.78, 5) is 32.3. The Morgan fingerprint density at radius 2 is 1.94 bits per heavy atom. The number of aryl methyl sites for hydroxylation is 1. The number of nitrogens with two attached hydrogens (primary N) is 1. The molecular weight excluding hydrogens is 913 g/mol.